The van der Waals surface area contributed by atoms with E-state index in [4.69, 9.17) is 0 Å². The molecule has 0 radical (unpaired) electrons. The fourth-order valence-corrected chi connectivity index (χ4v) is 2.99. The summed E-state index contributed by atoms with van der Waals surface area (Å²) in [5.74, 6) is -0.0354. The van der Waals surface area contributed by atoms with E-state index in [1.807, 2.05) is 4.90 Å². The topological polar surface area (TPSA) is 61.4 Å². The quantitative estimate of drug-likeness (QED) is 0.886. The van der Waals surface area contributed by atoms with Gasteiger partial charge in [-0.05, 0) is 39.0 Å². The van der Waals surface area contributed by atoms with Crippen molar-refractivity contribution < 1.29 is 4.79 Å². The zero-order valence-electron chi connectivity index (χ0n) is 15.6. The van der Waals surface area contributed by atoms with E-state index in [2.05, 4.69) is 58.5 Å². The van der Waals surface area contributed by atoms with Gasteiger partial charge < -0.3 is 15.1 Å². The maximum absolute atomic E-state index is 12.6. The molecule has 0 aliphatic carbocycles. The number of carbonyl (C=O) groups is 1. The van der Waals surface area contributed by atoms with Crippen molar-refractivity contribution in [3.8, 4) is 11.3 Å². The number of rotatable bonds is 5. The smallest absolute Gasteiger partial charge is 0.274 e. The Hall–Kier alpha value is -2.31. The van der Waals surface area contributed by atoms with Gasteiger partial charge in [-0.3, -0.25) is 9.78 Å². The number of carbonyl (C=O) groups excluding carboxylic acids is 1. The van der Waals surface area contributed by atoms with Gasteiger partial charge in [0.1, 0.15) is 5.69 Å². The highest BCUT2D eigenvalue weighted by Crippen LogP contribution is 2.17. The molecule has 1 aliphatic heterocycles. The Balaban J connectivity index is 1.66. The summed E-state index contributed by atoms with van der Waals surface area (Å²) >= 11 is 0. The number of nitrogens with zero attached hydrogens (tertiary/aromatic N) is 4. The van der Waals surface area contributed by atoms with Crippen LogP contribution in [0.3, 0.4) is 0 Å². The summed E-state index contributed by atoms with van der Waals surface area (Å²) in [6, 6.07) is 8.39. The van der Waals surface area contributed by atoms with Crippen molar-refractivity contribution in [3.63, 3.8) is 0 Å². The zero-order chi connectivity index (χ0) is 18.4. The van der Waals surface area contributed by atoms with Gasteiger partial charge in [-0.2, -0.15) is 0 Å². The molecule has 1 amide bonds. The summed E-state index contributed by atoms with van der Waals surface area (Å²) in [6.07, 6.45) is 5.28. The highest BCUT2D eigenvalue weighted by atomic mass is 16.2. The third-order valence-electron chi connectivity index (χ3n) is 4.60. The fraction of sp³-hybridized carbons (Fsp3) is 0.450. The molecular weight excluding hydrogens is 326 g/mol. The van der Waals surface area contributed by atoms with Crippen molar-refractivity contribution in [2.75, 3.05) is 46.8 Å². The van der Waals surface area contributed by atoms with Crippen molar-refractivity contribution in [2.45, 2.75) is 12.8 Å². The van der Waals surface area contributed by atoms with Crippen LogP contribution in [0.1, 0.15) is 22.5 Å². The second kappa shape index (κ2) is 8.87. The molecule has 0 unspecified atom stereocenters. The van der Waals surface area contributed by atoms with Crippen LogP contribution in [0.4, 0.5) is 0 Å². The van der Waals surface area contributed by atoms with E-state index in [0.29, 0.717) is 5.69 Å². The van der Waals surface area contributed by atoms with E-state index in [0.717, 1.165) is 56.8 Å². The van der Waals surface area contributed by atoms with Gasteiger partial charge in [0.25, 0.3) is 5.91 Å². The van der Waals surface area contributed by atoms with Gasteiger partial charge in [-0.15, -0.1) is 0 Å². The van der Waals surface area contributed by atoms with Crippen LogP contribution >= 0.6 is 0 Å². The maximum atomic E-state index is 12.6. The van der Waals surface area contributed by atoms with Gasteiger partial charge in [0, 0.05) is 31.7 Å². The van der Waals surface area contributed by atoms with Crippen LogP contribution < -0.4 is 5.32 Å². The Bertz CT molecular complexity index is 704. The Morgan fingerprint density at radius 3 is 2.62 bits per heavy atom. The summed E-state index contributed by atoms with van der Waals surface area (Å²) in [5.41, 5.74) is 3.53. The fourth-order valence-electron chi connectivity index (χ4n) is 2.99. The molecule has 1 saturated heterocycles. The molecule has 26 heavy (non-hydrogen) atoms. The molecule has 0 saturated carbocycles. The number of nitrogens with one attached hydrogen (secondary N) is 1. The summed E-state index contributed by atoms with van der Waals surface area (Å²) < 4.78 is 0. The lowest BCUT2D eigenvalue weighted by atomic mass is 10.1. The van der Waals surface area contributed by atoms with Crippen molar-refractivity contribution in [3.05, 3.63) is 47.9 Å². The number of likely N-dealkylation sites (N-methyl/N-ethyl adjacent to an activating group) is 1. The maximum Gasteiger partial charge on any atom is 0.274 e. The van der Waals surface area contributed by atoms with Crippen LogP contribution in [0.15, 0.2) is 36.7 Å². The predicted molar refractivity (Wildman–Crippen MR) is 103 cm³/mol. The SMILES string of the molecule is CN(C)CCc1ccc(-c2cnc(C(=O)N3CCCNCC3)cn2)cc1. The standard InChI is InChI=1S/C20H27N5O/c1-24(2)12-8-16-4-6-17(7-5-16)18-14-23-19(15-22-18)20(26)25-11-3-9-21-10-13-25/h4-7,14-15,21H,3,8-13H2,1-2H3. The van der Waals surface area contributed by atoms with E-state index in [1.165, 1.54) is 5.56 Å². The molecule has 0 bridgehead atoms. The number of aromatic nitrogens is 2. The van der Waals surface area contributed by atoms with Crippen LogP contribution in [0, 0.1) is 0 Å². The van der Waals surface area contributed by atoms with Gasteiger partial charge in [0.2, 0.25) is 0 Å². The molecule has 1 aromatic heterocycles. The molecule has 0 spiro atoms. The Morgan fingerprint density at radius 1 is 1.12 bits per heavy atom. The van der Waals surface area contributed by atoms with E-state index >= 15 is 0 Å². The van der Waals surface area contributed by atoms with Crippen LogP contribution in [-0.2, 0) is 6.42 Å². The minimum atomic E-state index is -0.0354. The monoisotopic (exact) mass is 353 g/mol. The normalized spacial score (nSPS) is 15.1. The first kappa shape index (κ1) is 18.5. The van der Waals surface area contributed by atoms with Gasteiger partial charge in [-0.1, -0.05) is 24.3 Å². The zero-order valence-corrected chi connectivity index (χ0v) is 15.6. The van der Waals surface area contributed by atoms with Gasteiger partial charge >= 0.3 is 0 Å². The summed E-state index contributed by atoms with van der Waals surface area (Å²) in [4.78, 5) is 25.4. The molecule has 6 heteroatoms. The summed E-state index contributed by atoms with van der Waals surface area (Å²) in [7, 11) is 4.16. The molecule has 0 atom stereocenters. The van der Waals surface area contributed by atoms with E-state index < -0.39 is 0 Å². The van der Waals surface area contributed by atoms with Crippen LogP contribution in [0.5, 0.6) is 0 Å². The lowest BCUT2D eigenvalue weighted by Crippen LogP contribution is -2.34. The van der Waals surface area contributed by atoms with Gasteiger partial charge in [0.15, 0.2) is 0 Å². The van der Waals surface area contributed by atoms with Crippen LogP contribution in [0.25, 0.3) is 11.3 Å². The Morgan fingerprint density at radius 2 is 1.92 bits per heavy atom. The number of benzene rings is 1. The van der Waals surface area contributed by atoms with Crippen molar-refractivity contribution in [1.29, 1.82) is 0 Å². The van der Waals surface area contributed by atoms with Crippen molar-refractivity contribution >= 4 is 5.91 Å². The summed E-state index contributed by atoms with van der Waals surface area (Å²) in [6.45, 7) is 4.30. The second-order valence-electron chi connectivity index (χ2n) is 6.93. The minimum absolute atomic E-state index is 0.0354. The molecule has 1 aromatic carbocycles. The lowest BCUT2D eigenvalue weighted by molar-refractivity contribution is 0.0760. The molecule has 1 aliphatic rings. The van der Waals surface area contributed by atoms with Crippen molar-refractivity contribution in [1.82, 2.24) is 25.1 Å². The number of hydrogen-bond donors (Lipinski definition) is 1. The third-order valence-corrected chi connectivity index (χ3v) is 4.60. The van der Waals surface area contributed by atoms with Crippen LogP contribution in [-0.4, -0.2) is 72.5 Å². The van der Waals surface area contributed by atoms with Gasteiger partial charge in [0.05, 0.1) is 18.1 Å². The molecule has 2 heterocycles. The minimum Gasteiger partial charge on any atom is -0.336 e. The van der Waals surface area contributed by atoms with Crippen LogP contribution in [0.2, 0.25) is 0 Å². The third kappa shape index (κ3) is 4.86. The van der Waals surface area contributed by atoms with E-state index in [-0.39, 0.29) is 5.91 Å². The Labute approximate surface area is 155 Å². The van der Waals surface area contributed by atoms with E-state index in [1.54, 1.807) is 12.4 Å². The predicted octanol–water partition coefficient (Wildman–Crippen LogP) is 1.68. The summed E-state index contributed by atoms with van der Waals surface area (Å²) in [5, 5.41) is 3.30. The average molecular weight is 353 g/mol. The Kier molecular flexibility index (Phi) is 6.30. The van der Waals surface area contributed by atoms with Crippen molar-refractivity contribution in [2.24, 2.45) is 0 Å². The molecule has 1 N–H and O–H groups in total. The molecule has 6 nitrogen and oxygen atoms in total. The molecular formula is C20H27N5O. The van der Waals surface area contributed by atoms with Gasteiger partial charge in [-0.25, -0.2) is 4.98 Å². The van der Waals surface area contributed by atoms with E-state index in [9.17, 15) is 4.79 Å². The first-order valence-corrected chi connectivity index (χ1v) is 9.19. The molecule has 1 fully saturated rings. The first-order chi connectivity index (χ1) is 12.6. The highest BCUT2D eigenvalue weighted by molar-refractivity contribution is 5.92. The highest BCUT2D eigenvalue weighted by Gasteiger charge is 2.18. The lowest BCUT2D eigenvalue weighted by Gasteiger charge is -2.19. The molecule has 2 aromatic rings. The largest absolute Gasteiger partial charge is 0.336 e. The number of hydrogen-bond acceptors (Lipinski definition) is 5. The first-order valence-electron chi connectivity index (χ1n) is 9.19. The number of amides is 1. The molecule has 3 rings (SSSR count). The second-order valence-corrected chi connectivity index (χ2v) is 6.93. The molecule has 138 valence electrons. The average Bonchev–Trinajstić information content (AvgIpc) is 2.96.